The molecule has 0 aliphatic rings. The molecule has 5 heteroatoms. The molecule has 1 N–H and O–H groups in total. The van der Waals surface area contributed by atoms with E-state index in [2.05, 4.69) is 0 Å². The van der Waals surface area contributed by atoms with Crippen LogP contribution in [0.5, 0.6) is 5.75 Å². The minimum Gasteiger partial charge on any atom is -0.491 e. The largest absolute Gasteiger partial charge is 0.491 e. The maximum atomic E-state index is 12.1. The molecule has 0 radical (unpaired) electrons. The molecule has 0 aliphatic carbocycles. The lowest BCUT2D eigenvalue weighted by molar-refractivity contribution is 0.0696. The van der Waals surface area contributed by atoms with Crippen LogP contribution in [-0.2, 0) is 4.74 Å². The van der Waals surface area contributed by atoms with Crippen molar-refractivity contribution < 1.29 is 24.2 Å². The van der Waals surface area contributed by atoms with Crippen LogP contribution in [0.1, 0.15) is 26.3 Å². The topological polar surface area (TPSA) is 72.8 Å². The van der Waals surface area contributed by atoms with E-state index in [1.165, 1.54) is 18.2 Å². The van der Waals surface area contributed by atoms with Crippen molar-refractivity contribution >= 4 is 17.8 Å². The van der Waals surface area contributed by atoms with Gasteiger partial charge in [0.05, 0.1) is 12.2 Å². The molecule has 2 aromatic carbocycles. The van der Waals surface area contributed by atoms with Gasteiger partial charge < -0.3 is 14.6 Å². The monoisotopic (exact) mass is 326 g/mol. The second-order valence-corrected chi connectivity index (χ2v) is 4.99. The Kier molecular flexibility index (Phi) is 6.28. The van der Waals surface area contributed by atoms with Crippen LogP contribution in [-0.4, -0.2) is 37.2 Å². The minimum atomic E-state index is -0.977. The van der Waals surface area contributed by atoms with Gasteiger partial charge in [0.1, 0.15) is 12.4 Å². The first kappa shape index (κ1) is 17.4. The summed E-state index contributed by atoms with van der Waals surface area (Å²) >= 11 is 0. The zero-order valence-corrected chi connectivity index (χ0v) is 13.3. The first-order valence-electron chi connectivity index (χ1n) is 7.37. The average molecular weight is 326 g/mol. The van der Waals surface area contributed by atoms with Crippen molar-refractivity contribution in [1.29, 1.82) is 0 Å². The van der Waals surface area contributed by atoms with Crippen molar-refractivity contribution in [3.63, 3.8) is 0 Å². The van der Waals surface area contributed by atoms with E-state index in [0.29, 0.717) is 24.5 Å². The Hall–Kier alpha value is -2.92. The molecule has 0 spiro atoms. The number of carbonyl (C=O) groups is 2. The van der Waals surface area contributed by atoms with Crippen molar-refractivity contribution in [2.75, 3.05) is 20.3 Å². The Balaban J connectivity index is 1.97. The van der Waals surface area contributed by atoms with Gasteiger partial charge in [-0.15, -0.1) is 0 Å². The molecule has 0 bridgehead atoms. The summed E-state index contributed by atoms with van der Waals surface area (Å²) in [5, 5.41) is 8.84. The predicted octanol–water partition coefficient (Wildman–Crippen LogP) is 3.31. The van der Waals surface area contributed by atoms with E-state index in [4.69, 9.17) is 14.6 Å². The molecule has 0 amide bonds. The lowest BCUT2D eigenvalue weighted by atomic mass is 10.1. The highest BCUT2D eigenvalue weighted by atomic mass is 16.5. The minimum absolute atomic E-state index is 0.138. The molecule has 0 aliphatic heterocycles. The van der Waals surface area contributed by atoms with Gasteiger partial charge in [-0.1, -0.05) is 18.2 Å². The van der Waals surface area contributed by atoms with Crippen LogP contribution >= 0.6 is 0 Å². The highest BCUT2D eigenvalue weighted by Crippen LogP contribution is 2.14. The van der Waals surface area contributed by atoms with Gasteiger partial charge in [0.25, 0.3) is 0 Å². The van der Waals surface area contributed by atoms with Crippen LogP contribution in [0, 0.1) is 0 Å². The van der Waals surface area contributed by atoms with Gasteiger partial charge in [0.2, 0.25) is 0 Å². The van der Waals surface area contributed by atoms with E-state index in [1.54, 1.807) is 49.6 Å². The Bertz CT molecular complexity index is 714. The van der Waals surface area contributed by atoms with Crippen LogP contribution < -0.4 is 4.74 Å². The second-order valence-electron chi connectivity index (χ2n) is 4.99. The molecular weight excluding hydrogens is 308 g/mol. The third kappa shape index (κ3) is 5.07. The number of ketones is 1. The molecular formula is C19H18O5. The fraction of sp³-hybridized carbons (Fsp3) is 0.158. The lowest BCUT2D eigenvalue weighted by Gasteiger charge is -2.05. The van der Waals surface area contributed by atoms with E-state index in [9.17, 15) is 9.59 Å². The first-order valence-corrected chi connectivity index (χ1v) is 7.37. The molecule has 0 unspecified atom stereocenters. The summed E-state index contributed by atoms with van der Waals surface area (Å²) in [7, 11) is 1.60. The van der Waals surface area contributed by atoms with Crippen LogP contribution in [0.15, 0.2) is 54.6 Å². The number of allylic oxidation sites excluding steroid dienone is 1. The van der Waals surface area contributed by atoms with E-state index in [-0.39, 0.29) is 11.3 Å². The van der Waals surface area contributed by atoms with Gasteiger partial charge in [-0.2, -0.15) is 0 Å². The Labute approximate surface area is 140 Å². The summed E-state index contributed by atoms with van der Waals surface area (Å²) in [6, 6.07) is 13.2. The van der Waals surface area contributed by atoms with E-state index in [1.807, 2.05) is 0 Å². The molecule has 2 aromatic rings. The van der Waals surface area contributed by atoms with Gasteiger partial charge in [-0.05, 0) is 48.0 Å². The summed E-state index contributed by atoms with van der Waals surface area (Å²) < 4.78 is 10.3. The van der Waals surface area contributed by atoms with Crippen molar-refractivity contribution in [2.24, 2.45) is 0 Å². The number of ether oxygens (including phenoxy) is 2. The SMILES string of the molecule is COCCOc1ccc(C(=O)C=Cc2ccc(C(=O)O)cc2)cc1. The molecule has 0 heterocycles. The standard InChI is InChI=1S/C19H18O5/c1-23-12-13-24-17-9-7-15(8-10-17)18(20)11-4-14-2-5-16(6-3-14)19(21)22/h2-11H,12-13H2,1H3,(H,21,22). The molecule has 0 saturated heterocycles. The average Bonchev–Trinajstić information content (AvgIpc) is 2.61. The van der Waals surface area contributed by atoms with Gasteiger partial charge in [0.15, 0.2) is 5.78 Å². The molecule has 124 valence electrons. The summed E-state index contributed by atoms with van der Waals surface area (Å²) in [5.74, 6) is -0.438. The van der Waals surface area contributed by atoms with E-state index >= 15 is 0 Å². The van der Waals surface area contributed by atoms with E-state index < -0.39 is 5.97 Å². The number of methoxy groups -OCH3 is 1. The number of carboxylic acids is 1. The molecule has 0 aromatic heterocycles. The molecule has 2 rings (SSSR count). The summed E-state index contributed by atoms with van der Waals surface area (Å²) in [4.78, 5) is 22.9. The van der Waals surface area contributed by atoms with Crippen LogP contribution in [0.25, 0.3) is 6.08 Å². The first-order chi connectivity index (χ1) is 11.6. The van der Waals surface area contributed by atoms with E-state index in [0.717, 1.165) is 5.56 Å². The maximum absolute atomic E-state index is 12.1. The highest BCUT2D eigenvalue weighted by molar-refractivity contribution is 6.06. The molecule has 0 atom stereocenters. The quantitative estimate of drug-likeness (QED) is 0.458. The number of carbonyl (C=O) groups excluding carboxylic acids is 1. The number of aromatic carboxylic acids is 1. The summed E-state index contributed by atoms with van der Waals surface area (Å²) in [5.41, 5.74) is 1.52. The second kappa shape index (κ2) is 8.64. The third-order valence-electron chi connectivity index (χ3n) is 3.28. The van der Waals surface area contributed by atoms with Crippen LogP contribution in [0.4, 0.5) is 0 Å². The number of benzene rings is 2. The normalized spacial score (nSPS) is 10.7. The number of carboxylic acid groups (broad SMARTS) is 1. The summed E-state index contributed by atoms with van der Waals surface area (Å²) in [6.45, 7) is 0.958. The maximum Gasteiger partial charge on any atom is 0.335 e. The Morgan fingerprint density at radius 3 is 2.17 bits per heavy atom. The lowest BCUT2D eigenvalue weighted by Crippen LogP contribution is -2.04. The molecule has 0 fully saturated rings. The predicted molar refractivity (Wildman–Crippen MR) is 90.6 cm³/mol. The van der Waals surface area contributed by atoms with Crippen LogP contribution in [0.2, 0.25) is 0 Å². The highest BCUT2D eigenvalue weighted by Gasteiger charge is 2.03. The Morgan fingerprint density at radius 1 is 0.958 bits per heavy atom. The molecule has 0 saturated carbocycles. The zero-order valence-electron chi connectivity index (χ0n) is 13.3. The molecule has 5 nitrogen and oxygen atoms in total. The van der Waals surface area contributed by atoms with Crippen molar-refractivity contribution in [3.8, 4) is 5.75 Å². The number of hydrogen-bond donors (Lipinski definition) is 1. The summed E-state index contributed by atoms with van der Waals surface area (Å²) in [6.07, 6.45) is 3.10. The zero-order chi connectivity index (χ0) is 17.4. The fourth-order valence-corrected chi connectivity index (χ4v) is 1.96. The van der Waals surface area contributed by atoms with Crippen molar-refractivity contribution in [3.05, 3.63) is 71.3 Å². The van der Waals surface area contributed by atoms with Crippen molar-refractivity contribution in [2.45, 2.75) is 0 Å². The third-order valence-corrected chi connectivity index (χ3v) is 3.28. The van der Waals surface area contributed by atoms with Gasteiger partial charge >= 0.3 is 5.97 Å². The van der Waals surface area contributed by atoms with Gasteiger partial charge in [-0.25, -0.2) is 4.79 Å². The number of hydrogen-bond acceptors (Lipinski definition) is 4. The fourth-order valence-electron chi connectivity index (χ4n) is 1.96. The van der Waals surface area contributed by atoms with Gasteiger partial charge in [-0.3, -0.25) is 4.79 Å². The van der Waals surface area contributed by atoms with Crippen molar-refractivity contribution in [1.82, 2.24) is 0 Å². The Morgan fingerprint density at radius 2 is 1.58 bits per heavy atom. The molecule has 24 heavy (non-hydrogen) atoms. The van der Waals surface area contributed by atoms with Crippen LogP contribution in [0.3, 0.4) is 0 Å². The smallest absolute Gasteiger partial charge is 0.335 e. The number of rotatable bonds is 8. The van der Waals surface area contributed by atoms with Gasteiger partial charge in [0, 0.05) is 12.7 Å².